The highest BCUT2D eigenvalue weighted by atomic mass is 32.1. The van der Waals surface area contributed by atoms with E-state index in [4.69, 9.17) is 5.11 Å². The molecule has 1 aromatic heterocycles. The van der Waals surface area contributed by atoms with Gasteiger partial charge in [-0.1, -0.05) is 18.2 Å². The van der Waals surface area contributed by atoms with Gasteiger partial charge in [-0.25, -0.2) is 0 Å². The second kappa shape index (κ2) is 4.75. The van der Waals surface area contributed by atoms with E-state index < -0.39 is 0 Å². The molecule has 0 saturated carbocycles. The summed E-state index contributed by atoms with van der Waals surface area (Å²) >= 11 is 1.80. The van der Waals surface area contributed by atoms with Crippen molar-refractivity contribution in [3.63, 3.8) is 0 Å². The van der Waals surface area contributed by atoms with Crippen LogP contribution in [0.25, 0.3) is 10.1 Å². The third kappa shape index (κ3) is 2.78. The van der Waals surface area contributed by atoms with Gasteiger partial charge in [-0.15, -0.1) is 11.3 Å². The number of aliphatic hydroxyl groups excluding tert-OH is 1. The molecule has 1 heterocycles. The number of thiophene rings is 1. The zero-order valence-corrected chi connectivity index (χ0v) is 9.55. The quantitative estimate of drug-likeness (QED) is 0.830. The SMILES string of the molecule is CC(O)CNCc1cc2ccccc2s1. The molecule has 2 nitrogen and oxygen atoms in total. The van der Waals surface area contributed by atoms with Crippen LogP contribution in [0.15, 0.2) is 30.3 Å². The molecule has 3 heteroatoms. The van der Waals surface area contributed by atoms with Gasteiger partial charge in [-0.3, -0.25) is 0 Å². The number of fused-ring (bicyclic) bond motifs is 1. The van der Waals surface area contributed by atoms with Gasteiger partial charge in [0.15, 0.2) is 0 Å². The first-order valence-corrected chi connectivity index (χ1v) is 5.93. The van der Waals surface area contributed by atoms with E-state index in [-0.39, 0.29) is 6.10 Å². The van der Waals surface area contributed by atoms with Gasteiger partial charge in [0.1, 0.15) is 0 Å². The van der Waals surface area contributed by atoms with Gasteiger partial charge in [0.05, 0.1) is 6.10 Å². The van der Waals surface area contributed by atoms with Crippen LogP contribution < -0.4 is 5.32 Å². The van der Waals surface area contributed by atoms with Crippen molar-refractivity contribution < 1.29 is 5.11 Å². The van der Waals surface area contributed by atoms with Crippen molar-refractivity contribution in [3.05, 3.63) is 35.2 Å². The van der Waals surface area contributed by atoms with Crippen molar-refractivity contribution in [3.8, 4) is 0 Å². The molecule has 0 fully saturated rings. The maximum atomic E-state index is 9.11. The van der Waals surface area contributed by atoms with Crippen LogP contribution in [0.1, 0.15) is 11.8 Å². The first-order chi connectivity index (χ1) is 7.25. The molecule has 2 aromatic rings. The normalized spacial score (nSPS) is 13.2. The molecule has 0 aliphatic carbocycles. The second-order valence-electron chi connectivity index (χ2n) is 3.73. The Kier molecular flexibility index (Phi) is 3.36. The number of nitrogens with one attached hydrogen (secondary N) is 1. The molecule has 0 aliphatic heterocycles. The maximum absolute atomic E-state index is 9.11. The average Bonchev–Trinajstić information content (AvgIpc) is 2.59. The minimum absolute atomic E-state index is 0.278. The third-order valence-electron chi connectivity index (χ3n) is 2.22. The van der Waals surface area contributed by atoms with Gasteiger partial charge in [-0.05, 0) is 24.4 Å². The Morgan fingerprint density at radius 2 is 2.20 bits per heavy atom. The Morgan fingerprint density at radius 3 is 2.93 bits per heavy atom. The number of hydrogen-bond acceptors (Lipinski definition) is 3. The van der Waals surface area contributed by atoms with Crippen molar-refractivity contribution in [1.82, 2.24) is 5.32 Å². The highest BCUT2D eigenvalue weighted by Gasteiger charge is 2.01. The lowest BCUT2D eigenvalue weighted by molar-refractivity contribution is 0.191. The Bertz CT molecular complexity index is 403. The molecule has 0 spiro atoms. The fraction of sp³-hybridized carbons (Fsp3) is 0.333. The minimum atomic E-state index is -0.278. The zero-order chi connectivity index (χ0) is 10.7. The summed E-state index contributed by atoms with van der Waals surface area (Å²) < 4.78 is 1.33. The predicted octanol–water partition coefficient (Wildman–Crippen LogP) is 2.37. The third-order valence-corrected chi connectivity index (χ3v) is 3.33. The molecule has 0 amide bonds. The summed E-state index contributed by atoms with van der Waals surface area (Å²) in [6.07, 6.45) is -0.278. The summed E-state index contributed by atoms with van der Waals surface area (Å²) in [7, 11) is 0. The fourth-order valence-electron chi connectivity index (χ4n) is 1.53. The van der Waals surface area contributed by atoms with Gasteiger partial charge >= 0.3 is 0 Å². The van der Waals surface area contributed by atoms with E-state index in [0.717, 1.165) is 6.54 Å². The first kappa shape index (κ1) is 10.6. The van der Waals surface area contributed by atoms with Crippen LogP contribution in [0.3, 0.4) is 0 Å². The predicted molar refractivity (Wildman–Crippen MR) is 65.2 cm³/mol. The summed E-state index contributed by atoms with van der Waals surface area (Å²) in [6.45, 7) is 3.27. The summed E-state index contributed by atoms with van der Waals surface area (Å²) in [5, 5.41) is 13.6. The number of benzene rings is 1. The van der Waals surface area contributed by atoms with E-state index in [1.54, 1.807) is 18.3 Å². The molecule has 2 N–H and O–H groups in total. The van der Waals surface area contributed by atoms with E-state index in [0.29, 0.717) is 6.54 Å². The molecular formula is C12H15NOS. The van der Waals surface area contributed by atoms with E-state index in [2.05, 4.69) is 35.6 Å². The van der Waals surface area contributed by atoms with Gasteiger partial charge in [-0.2, -0.15) is 0 Å². The van der Waals surface area contributed by atoms with Crippen LogP contribution in [0, 0.1) is 0 Å². The Hall–Kier alpha value is -0.900. The van der Waals surface area contributed by atoms with Crippen LogP contribution in [0.5, 0.6) is 0 Å². The minimum Gasteiger partial charge on any atom is -0.392 e. The lowest BCUT2D eigenvalue weighted by Gasteiger charge is -2.04. The fourth-order valence-corrected chi connectivity index (χ4v) is 2.56. The van der Waals surface area contributed by atoms with Crippen LogP contribution in [0.4, 0.5) is 0 Å². The lowest BCUT2D eigenvalue weighted by atomic mass is 10.2. The van der Waals surface area contributed by atoms with Crippen molar-refractivity contribution in [2.24, 2.45) is 0 Å². The summed E-state index contributed by atoms with van der Waals surface area (Å²) in [5.74, 6) is 0. The average molecular weight is 221 g/mol. The number of hydrogen-bond donors (Lipinski definition) is 2. The first-order valence-electron chi connectivity index (χ1n) is 5.12. The molecule has 0 radical (unpaired) electrons. The van der Waals surface area contributed by atoms with Crippen molar-refractivity contribution >= 4 is 21.4 Å². The zero-order valence-electron chi connectivity index (χ0n) is 8.73. The Morgan fingerprint density at radius 1 is 1.40 bits per heavy atom. The van der Waals surface area contributed by atoms with Crippen molar-refractivity contribution in [2.45, 2.75) is 19.6 Å². The lowest BCUT2D eigenvalue weighted by Crippen LogP contribution is -2.23. The molecule has 2 rings (SSSR count). The van der Waals surface area contributed by atoms with Crippen LogP contribution in [0.2, 0.25) is 0 Å². The van der Waals surface area contributed by atoms with Crippen molar-refractivity contribution in [1.29, 1.82) is 0 Å². The monoisotopic (exact) mass is 221 g/mol. The Balaban J connectivity index is 2.03. The van der Waals surface area contributed by atoms with Gasteiger partial charge in [0.2, 0.25) is 0 Å². The molecule has 0 aliphatic rings. The van der Waals surface area contributed by atoms with E-state index in [1.165, 1.54) is 15.0 Å². The highest BCUT2D eigenvalue weighted by molar-refractivity contribution is 7.19. The number of aliphatic hydroxyl groups is 1. The van der Waals surface area contributed by atoms with E-state index >= 15 is 0 Å². The van der Waals surface area contributed by atoms with Gasteiger partial charge < -0.3 is 10.4 Å². The summed E-state index contributed by atoms with van der Waals surface area (Å²) in [4.78, 5) is 1.32. The number of rotatable bonds is 4. The summed E-state index contributed by atoms with van der Waals surface area (Å²) in [6, 6.07) is 10.6. The maximum Gasteiger partial charge on any atom is 0.0636 e. The van der Waals surface area contributed by atoms with Gasteiger partial charge in [0.25, 0.3) is 0 Å². The highest BCUT2D eigenvalue weighted by Crippen LogP contribution is 2.24. The second-order valence-corrected chi connectivity index (χ2v) is 4.90. The van der Waals surface area contributed by atoms with Gasteiger partial charge in [0, 0.05) is 22.7 Å². The van der Waals surface area contributed by atoms with Crippen LogP contribution >= 0.6 is 11.3 Å². The van der Waals surface area contributed by atoms with Crippen LogP contribution in [-0.4, -0.2) is 17.8 Å². The molecule has 0 saturated heterocycles. The van der Waals surface area contributed by atoms with Crippen LogP contribution in [-0.2, 0) is 6.54 Å². The topological polar surface area (TPSA) is 32.3 Å². The molecular weight excluding hydrogens is 206 g/mol. The largest absolute Gasteiger partial charge is 0.392 e. The Labute approximate surface area is 93.6 Å². The van der Waals surface area contributed by atoms with E-state index in [9.17, 15) is 0 Å². The molecule has 0 bridgehead atoms. The summed E-state index contributed by atoms with van der Waals surface area (Å²) in [5.41, 5.74) is 0. The molecule has 1 aromatic carbocycles. The molecule has 1 unspecified atom stereocenters. The molecule has 15 heavy (non-hydrogen) atoms. The molecule has 80 valence electrons. The molecule has 1 atom stereocenters. The van der Waals surface area contributed by atoms with Crippen molar-refractivity contribution in [2.75, 3.05) is 6.54 Å². The standard InChI is InChI=1S/C12H15NOS/c1-9(14)7-13-8-11-6-10-4-2-3-5-12(10)15-11/h2-6,9,13-14H,7-8H2,1H3. The van der Waals surface area contributed by atoms with E-state index in [1.807, 2.05) is 0 Å². The smallest absolute Gasteiger partial charge is 0.0636 e.